The predicted molar refractivity (Wildman–Crippen MR) is 104 cm³/mol. The first-order valence-corrected chi connectivity index (χ1v) is 10.6. The third kappa shape index (κ3) is 3.86. The highest BCUT2D eigenvalue weighted by Crippen LogP contribution is 2.38. The van der Waals surface area contributed by atoms with Crippen molar-refractivity contribution < 1.29 is 0 Å². The number of piperidine rings is 1. The van der Waals surface area contributed by atoms with Gasteiger partial charge < -0.3 is 0 Å². The summed E-state index contributed by atoms with van der Waals surface area (Å²) in [6.07, 6.45) is 8.45. The van der Waals surface area contributed by atoms with Crippen LogP contribution in [0.1, 0.15) is 61.5 Å². The molecule has 4 heterocycles. The van der Waals surface area contributed by atoms with Crippen LogP contribution in [0.25, 0.3) is 0 Å². The van der Waals surface area contributed by atoms with Gasteiger partial charge in [-0.3, -0.25) is 14.4 Å². The van der Waals surface area contributed by atoms with Crippen molar-refractivity contribution >= 4 is 0 Å². The molecule has 2 aromatic rings. The van der Waals surface area contributed by atoms with E-state index in [0.29, 0.717) is 11.8 Å². The van der Waals surface area contributed by atoms with Gasteiger partial charge in [0.1, 0.15) is 0 Å². The molecule has 1 saturated carbocycles. The monoisotopic (exact) mass is 367 g/mol. The lowest BCUT2D eigenvalue weighted by Gasteiger charge is -2.31. The fourth-order valence-corrected chi connectivity index (χ4v) is 4.55. The standard InChI is InChI=1S/C21H29N5O/c27-21-7-6-20(17-4-5-17)23-26(21)14-16-8-11-24(12-9-16)15-18-13-19-3-1-2-10-25(19)22-18/h6-7,13,16-17H,1-5,8-12,14-15H2. The van der Waals surface area contributed by atoms with Crippen LogP contribution in [0.5, 0.6) is 0 Å². The van der Waals surface area contributed by atoms with Crippen molar-refractivity contribution in [2.45, 2.75) is 70.5 Å². The molecule has 0 bridgehead atoms. The molecule has 0 radical (unpaired) electrons. The maximum atomic E-state index is 12.2. The minimum atomic E-state index is 0.0467. The Bertz CT molecular complexity index is 834. The number of likely N-dealkylation sites (tertiary alicyclic amines) is 1. The average molecular weight is 367 g/mol. The summed E-state index contributed by atoms with van der Waals surface area (Å²) < 4.78 is 3.92. The van der Waals surface area contributed by atoms with Gasteiger partial charge in [-0.2, -0.15) is 10.2 Å². The largest absolute Gasteiger partial charge is 0.297 e. The highest BCUT2D eigenvalue weighted by atomic mass is 16.1. The zero-order valence-electron chi connectivity index (χ0n) is 16.0. The Morgan fingerprint density at radius 3 is 2.63 bits per heavy atom. The zero-order chi connectivity index (χ0) is 18.2. The first-order valence-electron chi connectivity index (χ1n) is 10.6. The minimum Gasteiger partial charge on any atom is -0.297 e. The van der Waals surface area contributed by atoms with E-state index in [-0.39, 0.29) is 5.56 Å². The lowest BCUT2D eigenvalue weighted by Crippen LogP contribution is -2.36. The van der Waals surface area contributed by atoms with Crippen LogP contribution in [0.2, 0.25) is 0 Å². The molecule has 2 aromatic heterocycles. The maximum Gasteiger partial charge on any atom is 0.266 e. The predicted octanol–water partition coefficient (Wildman–Crippen LogP) is 2.57. The van der Waals surface area contributed by atoms with E-state index in [2.05, 4.69) is 20.7 Å². The lowest BCUT2D eigenvalue weighted by molar-refractivity contribution is 0.161. The smallest absolute Gasteiger partial charge is 0.266 e. The van der Waals surface area contributed by atoms with Gasteiger partial charge in [-0.25, -0.2) is 4.68 Å². The maximum absolute atomic E-state index is 12.2. The SMILES string of the molecule is O=c1ccc(C2CC2)nn1CC1CCN(Cc2cc3n(n2)CCCC3)CC1. The molecule has 0 aromatic carbocycles. The van der Waals surface area contributed by atoms with Gasteiger partial charge >= 0.3 is 0 Å². The van der Waals surface area contributed by atoms with E-state index in [1.54, 1.807) is 10.7 Å². The zero-order valence-corrected chi connectivity index (χ0v) is 16.0. The molecule has 2 fully saturated rings. The number of aryl methyl sites for hydroxylation is 2. The molecule has 1 aliphatic carbocycles. The van der Waals surface area contributed by atoms with Crippen molar-refractivity contribution in [2.75, 3.05) is 13.1 Å². The topological polar surface area (TPSA) is 56.0 Å². The van der Waals surface area contributed by atoms with Crippen LogP contribution in [-0.2, 0) is 26.1 Å². The number of hydrogen-bond donors (Lipinski definition) is 0. The average Bonchev–Trinajstić information content (AvgIpc) is 3.45. The van der Waals surface area contributed by atoms with Gasteiger partial charge in [-0.1, -0.05) is 0 Å². The van der Waals surface area contributed by atoms with Gasteiger partial charge in [-0.05, 0) is 76.1 Å². The molecule has 2 aliphatic heterocycles. The molecule has 3 aliphatic rings. The van der Waals surface area contributed by atoms with E-state index < -0.39 is 0 Å². The first-order chi connectivity index (χ1) is 13.2. The van der Waals surface area contributed by atoms with E-state index in [4.69, 9.17) is 5.10 Å². The van der Waals surface area contributed by atoms with Gasteiger partial charge in [-0.15, -0.1) is 0 Å². The Hall–Kier alpha value is -1.95. The lowest BCUT2D eigenvalue weighted by atomic mass is 9.96. The van der Waals surface area contributed by atoms with Crippen LogP contribution in [0.15, 0.2) is 23.0 Å². The van der Waals surface area contributed by atoms with Crippen LogP contribution >= 0.6 is 0 Å². The number of fused-ring (bicyclic) bond motifs is 1. The summed E-state index contributed by atoms with van der Waals surface area (Å²) in [5.41, 5.74) is 3.79. The Morgan fingerprint density at radius 2 is 1.85 bits per heavy atom. The Balaban J connectivity index is 1.16. The second kappa shape index (κ2) is 7.23. The van der Waals surface area contributed by atoms with Gasteiger partial charge in [0.15, 0.2) is 0 Å². The van der Waals surface area contributed by atoms with E-state index in [0.717, 1.165) is 51.3 Å². The van der Waals surface area contributed by atoms with E-state index >= 15 is 0 Å². The van der Waals surface area contributed by atoms with Gasteiger partial charge in [0.2, 0.25) is 0 Å². The molecule has 0 amide bonds. The number of nitrogens with zero attached hydrogens (tertiary/aromatic N) is 5. The summed E-state index contributed by atoms with van der Waals surface area (Å²) in [6.45, 7) is 4.99. The summed E-state index contributed by atoms with van der Waals surface area (Å²) in [4.78, 5) is 14.7. The molecule has 144 valence electrons. The summed E-state index contributed by atoms with van der Waals surface area (Å²) in [5, 5.41) is 9.43. The fourth-order valence-electron chi connectivity index (χ4n) is 4.55. The summed E-state index contributed by atoms with van der Waals surface area (Å²) >= 11 is 0. The Labute approximate surface area is 160 Å². The Morgan fingerprint density at radius 1 is 1.00 bits per heavy atom. The number of aromatic nitrogens is 4. The van der Waals surface area contributed by atoms with Gasteiger partial charge in [0.25, 0.3) is 5.56 Å². The molecule has 6 heteroatoms. The minimum absolute atomic E-state index is 0.0467. The quantitative estimate of drug-likeness (QED) is 0.815. The summed E-state index contributed by atoms with van der Waals surface area (Å²) in [7, 11) is 0. The third-order valence-corrected chi connectivity index (χ3v) is 6.37. The van der Waals surface area contributed by atoms with E-state index in [1.165, 1.54) is 43.5 Å². The molecule has 27 heavy (non-hydrogen) atoms. The Kier molecular flexibility index (Phi) is 4.60. The molecule has 0 spiro atoms. The van der Waals surface area contributed by atoms with Crippen molar-refractivity contribution in [1.82, 2.24) is 24.5 Å². The van der Waals surface area contributed by atoms with E-state index in [1.807, 2.05) is 6.07 Å². The van der Waals surface area contributed by atoms with Crippen LogP contribution in [0.4, 0.5) is 0 Å². The molecular weight excluding hydrogens is 338 g/mol. The fraction of sp³-hybridized carbons (Fsp3) is 0.667. The van der Waals surface area contributed by atoms with Crippen molar-refractivity contribution in [3.8, 4) is 0 Å². The van der Waals surface area contributed by atoms with Crippen molar-refractivity contribution in [2.24, 2.45) is 5.92 Å². The number of hydrogen-bond acceptors (Lipinski definition) is 4. The van der Waals surface area contributed by atoms with Crippen LogP contribution in [-0.4, -0.2) is 37.6 Å². The molecule has 6 nitrogen and oxygen atoms in total. The van der Waals surface area contributed by atoms with Crippen LogP contribution in [0.3, 0.4) is 0 Å². The second-order valence-electron chi connectivity index (χ2n) is 8.58. The molecule has 0 atom stereocenters. The first kappa shape index (κ1) is 17.2. The van der Waals surface area contributed by atoms with Crippen molar-refractivity contribution in [1.29, 1.82) is 0 Å². The van der Waals surface area contributed by atoms with Crippen LogP contribution < -0.4 is 5.56 Å². The summed E-state index contributed by atoms with van der Waals surface area (Å²) in [5.74, 6) is 1.15. The molecule has 1 saturated heterocycles. The molecule has 5 rings (SSSR count). The van der Waals surface area contributed by atoms with Crippen LogP contribution in [0, 0.1) is 5.92 Å². The highest BCUT2D eigenvalue weighted by Gasteiger charge is 2.26. The van der Waals surface area contributed by atoms with Crippen molar-refractivity contribution in [3.05, 3.63) is 45.6 Å². The normalized spacial score (nSPS) is 21.3. The third-order valence-electron chi connectivity index (χ3n) is 6.37. The number of rotatable bonds is 5. The van der Waals surface area contributed by atoms with Gasteiger partial charge in [0, 0.05) is 37.3 Å². The molecule has 0 unspecified atom stereocenters. The van der Waals surface area contributed by atoms with E-state index in [9.17, 15) is 4.79 Å². The summed E-state index contributed by atoms with van der Waals surface area (Å²) in [6, 6.07) is 5.93. The highest BCUT2D eigenvalue weighted by molar-refractivity contribution is 5.13. The molecular formula is C21H29N5O. The second-order valence-corrected chi connectivity index (χ2v) is 8.58. The van der Waals surface area contributed by atoms with Crippen molar-refractivity contribution in [3.63, 3.8) is 0 Å². The van der Waals surface area contributed by atoms with Gasteiger partial charge in [0.05, 0.1) is 11.4 Å². The molecule has 0 N–H and O–H groups in total.